The first kappa shape index (κ1) is 31.0. The summed E-state index contributed by atoms with van der Waals surface area (Å²) in [4.78, 5) is 50.7. The molecule has 2 atom stereocenters. The summed E-state index contributed by atoms with van der Waals surface area (Å²) >= 11 is 0. The molecule has 0 unspecified atom stereocenters. The molecule has 0 radical (unpaired) electrons. The van der Waals surface area contributed by atoms with Crippen LogP contribution in [0, 0.1) is 0 Å². The molecule has 1 heterocycles. The zero-order valence-corrected chi connectivity index (χ0v) is 23.2. The maximum Gasteiger partial charge on any atom is 0.306 e. The number of carbonyl (C=O) groups is 4. The lowest BCUT2D eigenvalue weighted by atomic mass is 9.90. The van der Waals surface area contributed by atoms with E-state index in [1.165, 1.54) is 0 Å². The number of rotatable bonds is 11. The van der Waals surface area contributed by atoms with Gasteiger partial charge in [-0.3, -0.25) is 24.4 Å². The highest BCUT2D eigenvalue weighted by Gasteiger charge is 2.35. The van der Waals surface area contributed by atoms with Crippen molar-refractivity contribution in [1.29, 1.82) is 0 Å². The van der Waals surface area contributed by atoms with Gasteiger partial charge < -0.3 is 9.64 Å². The van der Waals surface area contributed by atoms with Crippen LogP contribution in [0.4, 0.5) is 0 Å². The molecule has 1 aromatic carbocycles. The summed E-state index contributed by atoms with van der Waals surface area (Å²) in [5, 5.41) is 12.6. The van der Waals surface area contributed by atoms with Gasteiger partial charge >= 0.3 is 5.97 Å². The van der Waals surface area contributed by atoms with Gasteiger partial charge in [0, 0.05) is 32.2 Å². The summed E-state index contributed by atoms with van der Waals surface area (Å²) in [6, 6.07) is 7.56. The molecule has 2 aliphatic rings. The molecule has 3 amide bonds. The van der Waals surface area contributed by atoms with Crippen molar-refractivity contribution in [3.63, 3.8) is 0 Å². The lowest BCUT2D eigenvalue weighted by Crippen LogP contribution is -2.49. The van der Waals surface area contributed by atoms with Crippen LogP contribution in [0.5, 0.6) is 0 Å². The smallest absolute Gasteiger partial charge is 0.306 e. The Kier molecular flexibility index (Phi) is 13.3. The van der Waals surface area contributed by atoms with Gasteiger partial charge in [-0.15, -0.1) is 0 Å². The number of nitrogens with zero attached hydrogens (tertiary/aromatic N) is 2. The molecular weight excluding hydrogens is 512 g/mol. The highest BCUT2D eigenvalue weighted by Crippen LogP contribution is 2.29. The van der Waals surface area contributed by atoms with Crippen LogP contribution in [0.3, 0.4) is 0 Å². The van der Waals surface area contributed by atoms with Crippen LogP contribution in [0.15, 0.2) is 41.5 Å². The number of hydrazone groups is 1. The van der Waals surface area contributed by atoms with Crippen LogP contribution in [-0.2, 0) is 30.5 Å². The number of hydroxylamine groups is 1. The van der Waals surface area contributed by atoms with Gasteiger partial charge in [0.25, 0.3) is 0 Å². The third-order valence-corrected chi connectivity index (χ3v) is 7.27. The monoisotopic (exact) mass is 554 g/mol. The van der Waals surface area contributed by atoms with Crippen molar-refractivity contribution in [3.8, 4) is 0 Å². The first-order valence-corrected chi connectivity index (χ1v) is 14.4. The first-order chi connectivity index (χ1) is 19.5. The van der Waals surface area contributed by atoms with Gasteiger partial charge in [0.2, 0.25) is 17.7 Å². The Bertz CT molecular complexity index is 1060. The van der Waals surface area contributed by atoms with Gasteiger partial charge in [0.15, 0.2) is 0 Å². The van der Waals surface area contributed by atoms with Crippen molar-refractivity contribution in [2.45, 2.75) is 109 Å². The summed E-state index contributed by atoms with van der Waals surface area (Å²) in [5.41, 5.74) is 5.90. The standard InChI is InChI=1S/C30H42N4O6/c35-27(16-5-1-2-6-17-28(36)33-39)32-31-21-23-12-11-13-24(20-23)22-34-25-14-9-10-15-26(25)40-30(38)19-8-4-3-7-18-29(34)37/h3-4,11-13,20-21,25-26,39H,1-2,5-10,14-19,22H2,(H,32,35)(H,33,36)/b4-3+,31-21+/t25-,26-/m1/s1. The second-order valence-electron chi connectivity index (χ2n) is 10.4. The van der Waals surface area contributed by atoms with Crippen LogP contribution in [0.2, 0.25) is 0 Å². The van der Waals surface area contributed by atoms with E-state index in [2.05, 4.69) is 10.5 Å². The van der Waals surface area contributed by atoms with Crippen molar-refractivity contribution in [3.05, 3.63) is 47.5 Å². The predicted octanol–water partition coefficient (Wildman–Crippen LogP) is 4.30. The van der Waals surface area contributed by atoms with Crippen LogP contribution < -0.4 is 10.9 Å². The molecule has 0 saturated heterocycles. The maximum atomic E-state index is 13.3. The Balaban J connectivity index is 1.56. The van der Waals surface area contributed by atoms with E-state index in [0.717, 1.165) is 49.7 Å². The average Bonchev–Trinajstić information content (AvgIpc) is 2.95. The third kappa shape index (κ3) is 10.9. The lowest BCUT2D eigenvalue weighted by Gasteiger charge is -2.39. The van der Waals surface area contributed by atoms with Crippen molar-refractivity contribution < 1.29 is 29.1 Å². The molecule has 0 aromatic heterocycles. The Morgan fingerprint density at radius 2 is 1.73 bits per heavy atom. The molecule has 0 spiro atoms. The molecule has 3 N–H and O–H groups in total. The number of nitrogens with one attached hydrogen (secondary N) is 2. The SMILES string of the molecule is O=C(CCCCCCC(=O)N/N=C/c1cccc(CN2C(=O)CC/C=C/CCC(=O)O[C@@H]3CCCC[C@H]32)c1)NO. The number of amides is 3. The summed E-state index contributed by atoms with van der Waals surface area (Å²) < 4.78 is 5.85. The van der Waals surface area contributed by atoms with E-state index in [0.29, 0.717) is 51.5 Å². The molecule has 10 heteroatoms. The van der Waals surface area contributed by atoms with E-state index in [1.807, 2.05) is 41.3 Å². The van der Waals surface area contributed by atoms with E-state index in [1.54, 1.807) is 11.7 Å². The minimum Gasteiger partial charge on any atom is -0.460 e. The molecule has 1 fully saturated rings. The third-order valence-electron chi connectivity index (χ3n) is 7.27. The minimum absolute atomic E-state index is 0.0566. The molecule has 40 heavy (non-hydrogen) atoms. The van der Waals surface area contributed by atoms with E-state index in [4.69, 9.17) is 9.94 Å². The van der Waals surface area contributed by atoms with Gasteiger partial charge in [-0.2, -0.15) is 5.10 Å². The van der Waals surface area contributed by atoms with E-state index < -0.39 is 5.91 Å². The van der Waals surface area contributed by atoms with Gasteiger partial charge in [0.05, 0.1) is 12.3 Å². The predicted molar refractivity (Wildman–Crippen MR) is 150 cm³/mol. The Labute approximate surface area is 236 Å². The molecule has 1 aromatic rings. The number of fused-ring (bicyclic) bond motifs is 1. The number of benzene rings is 1. The zero-order chi connectivity index (χ0) is 28.6. The molecule has 0 bridgehead atoms. The van der Waals surface area contributed by atoms with E-state index >= 15 is 0 Å². The number of allylic oxidation sites excluding steroid dienone is 2. The van der Waals surface area contributed by atoms with Crippen LogP contribution in [-0.4, -0.2) is 52.2 Å². The summed E-state index contributed by atoms with van der Waals surface area (Å²) in [7, 11) is 0. The van der Waals surface area contributed by atoms with Gasteiger partial charge in [-0.05, 0) is 62.1 Å². The number of hydrogen-bond donors (Lipinski definition) is 3. The zero-order valence-electron chi connectivity index (χ0n) is 23.2. The van der Waals surface area contributed by atoms with E-state index in [-0.39, 0.29) is 36.4 Å². The fraction of sp³-hybridized carbons (Fsp3) is 0.567. The van der Waals surface area contributed by atoms with Gasteiger partial charge in [0.1, 0.15) is 6.10 Å². The van der Waals surface area contributed by atoms with Gasteiger partial charge in [-0.25, -0.2) is 10.9 Å². The largest absolute Gasteiger partial charge is 0.460 e. The van der Waals surface area contributed by atoms with E-state index in [9.17, 15) is 19.2 Å². The lowest BCUT2D eigenvalue weighted by molar-refractivity contribution is -0.159. The normalized spacial score (nSPS) is 21.1. The Hall–Kier alpha value is -3.53. The van der Waals surface area contributed by atoms with Crippen molar-refractivity contribution in [1.82, 2.24) is 15.8 Å². The number of ether oxygens (including phenoxy) is 1. The highest BCUT2D eigenvalue weighted by molar-refractivity contribution is 5.82. The van der Waals surface area contributed by atoms with Crippen LogP contribution in [0.1, 0.15) is 101 Å². The number of unbranched alkanes of at least 4 members (excludes halogenated alkanes) is 3. The molecule has 1 saturated carbocycles. The molecule has 3 rings (SSSR count). The summed E-state index contributed by atoms with van der Waals surface area (Å²) in [6.45, 7) is 0.412. The Morgan fingerprint density at radius 1 is 1.00 bits per heavy atom. The number of esters is 1. The van der Waals surface area contributed by atoms with Crippen molar-refractivity contribution >= 4 is 29.9 Å². The molecule has 1 aliphatic carbocycles. The molecular formula is C30H42N4O6. The van der Waals surface area contributed by atoms with Crippen LogP contribution >= 0.6 is 0 Å². The molecule has 218 valence electrons. The summed E-state index contributed by atoms with van der Waals surface area (Å²) in [5.74, 6) is -0.734. The Morgan fingerprint density at radius 3 is 2.50 bits per heavy atom. The summed E-state index contributed by atoms with van der Waals surface area (Å²) in [6.07, 6.45) is 14.4. The highest BCUT2D eigenvalue weighted by atomic mass is 16.5. The minimum atomic E-state index is -0.401. The fourth-order valence-electron chi connectivity index (χ4n) is 5.16. The maximum absolute atomic E-state index is 13.3. The number of carbonyl (C=O) groups excluding carboxylic acids is 4. The fourth-order valence-corrected chi connectivity index (χ4v) is 5.16. The van der Waals surface area contributed by atoms with Gasteiger partial charge in [-0.1, -0.05) is 49.6 Å². The first-order valence-electron chi connectivity index (χ1n) is 14.4. The number of hydrogen-bond acceptors (Lipinski definition) is 7. The molecule has 1 aliphatic heterocycles. The van der Waals surface area contributed by atoms with Crippen LogP contribution in [0.25, 0.3) is 0 Å². The second kappa shape index (κ2) is 17.2. The second-order valence-corrected chi connectivity index (χ2v) is 10.4. The van der Waals surface area contributed by atoms with Crippen molar-refractivity contribution in [2.75, 3.05) is 0 Å². The van der Waals surface area contributed by atoms with Crippen molar-refractivity contribution in [2.24, 2.45) is 5.10 Å². The molecule has 10 nitrogen and oxygen atoms in total. The topological polar surface area (TPSA) is 137 Å². The average molecular weight is 555 g/mol. The quantitative estimate of drug-likeness (QED) is 0.0932.